The lowest BCUT2D eigenvalue weighted by Crippen LogP contribution is -2.00. The number of pyridine rings is 1. The van der Waals surface area contributed by atoms with E-state index in [0.717, 1.165) is 6.20 Å². The third-order valence-corrected chi connectivity index (χ3v) is 1.60. The molecule has 0 aliphatic carbocycles. The second kappa shape index (κ2) is 3.44. The van der Waals surface area contributed by atoms with Crippen LogP contribution in [0.25, 0.3) is 0 Å². The van der Waals surface area contributed by atoms with Gasteiger partial charge in [0.25, 0.3) is 6.43 Å². The van der Waals surface area contributed by atoms with Crippen molar-refractivity contribution in [2.75, 3.05) is 0 Å². The van der Waals surface area contributed by atoms with Crippen molar-refractivity contribution in [3.8, 4) is 6.07 Å². The molecule has 1 aromatic heterocycles. The minimum absolute atomic E-state index is 0.0204. The molecule has 0 unspecified atom stereocenters. The first kappa shape index (κ1) is 9.52. The van der Waals surface area contributed by atoms with E-state index < -0.39 is 23.4 Å². The van der Waals surface area contributed by atoms with Crippen LogP contribution in [-0.2, 0) is 0 Å². The molecule has 0 fully saturated rings. The van der Waals surface area contributed by atoms with Gasteiger partial charge >= 0.3 is 0 Å². The van der Waals surface area contributed by atoms with E-state index >= 15 is 0 Å². The smallest absolute Gasteiger partial charge is 0.258 e. The summed E-state index contributed by atoms with van der Waals surface area (Å²) in [6.45, 7) is 1.31. The van der Waals surface area contributed by atoms with E-state index in [2.05, 4.69) is 4.98 Å². The Morgan fingerprint density at radius 1 is 1.54 bits per heavy atom. The Hall–Kier alpha value is -1.57. The number of rotatable bonds is 1. The minimum atomic E-state index is -2.88. The van der Waals surface area contributed by atoms with E-state index in [1.165, 1.54) is 13.0 Å². The van der Waals surface area contributed by atoms with Gasteiger partial charge in [-0.1, -0.05) is 0 Å². The normalized spacial score (nSPS) is 10.2. The van der Waals surface area contributed by atoms with E-state index in [0.29, 0.717) is 0 Å². The fourth-order valence-corrected chi connectivity index (χ4v) is 0.978. The maximum Gasteiger partial charge on any atom is 0.266 e. The summed E-state index contributed by atoms with van der Waals surface area (Å²) in [7, 11) is 0. The average molecular weight is 186 g/mol. The van der Waals surface area contributed by atoms with Crippen LogP contribution in [0, 0.1) is 24.1 Å². The summed E-state index contributed by atoms with van der Waals surface area (Å²) in [5, 5.41) is 8.42. The van der Waals surface area contributed by atoms with Crippen LogP contribution in [0.4, 0.5) is 13.2 Å². The predicted octanol–water partition coefficient (Wildman–Crippen LogP) is 2.34. The van der Waals surface area contributed by atoms with Gasteiger partial charge in [-0.3, -0.25) is 4.98 Å². The summed E-state index contributed by atoms with van der Waals surface area (Å²) in [6, 6.07) is 1.39. The van der Waals surface area contributed by atoms with Crippen LogP contribution in [0.3, 0.4) is 0 Å². The van der Waals surface area contributed by atoms with Gasteiger partial charge in [0.05, 0.1) is 11.8 Å². The average Bonchev–Trinajstić information content (AvgIpc) is 2.07. The Kier molecular flexibility index (Phi) is 2.52. The minimum Gasteiger partial charge on any atom is -0.258 e. The lowest BCUT2D eigenvalue weighted by Gasteiger charge is -2.05. The molecule has 0 spiro atoms. The summed E-state index contributed by atoms with van der Waals surface area (Å²) in [6.07, 6.45) is -2.11. The van der Waals surface area contributed by atoms with Crippen molar-refractivity contribution in [2.24, 2.45) is 0 Å². The molecule has 0 N–H and O–H groups in total. The Labute approximate surface area is 72.6 Å². The molecule has 1 aromatic rings. The van der Waals surface area contributed by atoms with Crippen LogP contribution in [0.1, 0.15) is 23.2 Å². The third-order valence-electron chi connectivity index (χ3n) is 1.60. The lowest BCUT2D eigenvalue weighted by molar-refractivity contribution is 0.149. The van der Waals surface area contributed by atoms with E-state index in [1.54, 1.807) is 0 Å². The molecule has 0 aromatic carbocycles. The molecule has 2 nitrogen and oxygen atoms in total. The highest BCUT2D eigenvalue weighted by molar-refractivity contribution is 5.40. The van der Waals surface area contributed by atoms with Crippen molar-refractivity contribution in [2.45, 2.75) is 13.3 Å². The van der Waals surface area contributed by atoms with Gasteiger partial charge in [0, 0.05) is 5.69 Å². The number of aromatic nitrogens is 1. The highest BCUT2D eigenvalue weighted by atomic mass is 19.3. The number of hydrogen-bond donors (Lipinski definition) is 0. The van der Waals surface area contributed by atoms with Crippen molar-refractivity contribution in [1.29, 1.82) is 5.26 Å². The zero-order valence-electron chi connectivity index (χ0n) is 6.68. The van der Waals surface area contributed by atoms with Crippen molar-refractivity contribution in [1.82, 2.24) is 4.98 Å². The van der Waals surface area contributed by atoms with E-state index in [9.17, 15) is 13.2 Å². The highest BCUT2D eigenvalue weighted by Crippen LogP contribution is 2.26. The molecule has 13 heavy (non-hydrogen) atoms. The van der Waals surface area contributed by atoms with Gasteiger partial charge in [-0.2, -0.15) is 5.26 Å². The van der Waals surface area contributed by atoms with E-state index in [4.69, 9.17) is 5.26 Å². The molecule has 0 bridgehead atoms. The molecule has 0 atom stereocenters. The quantitative estimate of drug-likeness (QED) is 0.674. The molecule has 0 radical (unpaired) electrons. The van der Waals surface area contributed by atoms with Gasteiger partial charge in [0.2, 0.25) is 0 Å². The standard InChI is InChI=1S/C8H5F3N2/c1-4-7(8(10)11)5(2-12)6(9)3-13-4/h3,8H,1H3. The van der Waals surface area contributed by atoms with Crippen molar-refractivity contribution in [3.63, 3.8) is 0 Å². The van der Waals surface area contributed by atoms with Crippen LogP contribution in [0.5, 0.6) is 0 Å². The molecule has 0 saturated carbocycles. The molecule has 68 valence electrons. The molecule has 0 amide bonds. The van der Waals surface area contributed by atoms with Crippen LogP contribution in [-0.4, -0.2) is 4.98 Å². The number of halogens is 3. The van der Waals surface area contributed by atoms with Gasteiger partial charge in [-0.25, -0.2) is 13.2 Å². The molecule has 0 aliphatic rings. The molecule has 0 saturated heterocycles. The first-order chi connectivity index (χ1) is 6.07. The van der Waals surface area contributed by atoms with Crippen molar-refractivity contribution in [3.05, 3.63) is 28.8 Å². The molecule has 0 aliphatic heterocycles. The first-order valence-electron chi connectivity index (χ1n) is 3.41. The molecule has 5 heteroatoms. The second-order valence-electron chi connectivity index (χ2n) is 2.39. The van der Waals surface area contributed by atoms with Gasteiger partial charge in [0.1, 0.15) is 11.6 Å². The zero-order valence-corrected chi connectivity index (χ0v) is 6.68. The maximum atomic E-state index is 12.8. The fourth-order valence-electron chi connectivity index (χ4n) is 0.978. The van der Waals surface area contributed by atoms with Gasteiger partial charge in [-0.05, 0) is 6.92 Å². The Balaban J connectivity index is 3.46. The number of aryl methyl sites for hydroxylation is 1. The fraction of sp³-hybridized carbons (Fsp3) is 0.250. The van der Waals surface area contributed by atoms with Gasteiger partial charge in [-0.15, -0.1) is 0 Å². The highest BCUT2D eigenvalue weighted by Gasteiger charge is 2.20. The summed E-state index contributed by atoms with van der Waals surface area (Å²) in [5.41, 5.74) is -1.27. The predicted molar refractivity (Wildman–Crippen MR) is 38.6 cm³/mol. The topological polar surface area (TPSA) is 36.7 Å². The Bertz CT molecular complexity index is 368. The summed E-state index contributed by atoms with van der Waals surface area (Å²) in [5.74, 6) is -1.01. The maximum absolute atomic E-state index is 12.8. The van der Waals surface area contributed by atoms with Crippen LogP contribution in [0.15, 0.2) is 6.20 Å². The van der Waals surface area contributed by atoms with Crippen LogP contribution >= 0.6 is 0 Å². The number of nitrogens with zero attached hydrogens (tertiary/aromatic N) is 2. The molecule has 1 rings (SSSR count). The van der Waals surface area contributed by atoms with E-state index in [1.807, 2.05) is 0 Å². The zero-order chi connectivity index (χ0) is 10.0. The Morgan fingerprint density at radius 3 is 2.54 bits per heavy atom. The third kappa shape index (κ3) is 1.61. The first-order valence-corrected chi connectivity index (χ1v) is 3.41. The van der Waals surface area contributed by atoms with Crippen LogP contribution < -0.4 is 0 Å². The number of hydrogen-bond acceptors (Lipinski definition) is 2. The second-order valence-corrected chi connectivity index (χ2v) is 2.39. The molecular weight excluding hydrogens is 181 g/mol. The largest absolute Gasteiger partial charge is 0.266 e. The van der Waals surface area contributed by atoms with Gasteiger partial charge in [0.15, 0.2) is 5.82 Å². The summed E-state index contributed by atoms with van der Waals surface area (Å²) >= 11 is 0. The number of nitriles is 1. The van der Waals surface area contributed by atoms with E-state index in [-0.39, 0.29) is 5.69 Å². The van der Waals surface area contributed by atoms with Crippen molar-refractivity contribution >= 4 is 0 Å². The monoisotopic (exact) mass is 186 g/mol. The summed E-state index contributed by atoms with van der Waals surface area (Å²) in [4.78, 5) is 3.40. The Morgan fingerprint density at radius 2 is 2.15 bits per heavy atom. The van der Waals surface area contributed by atoms with Crippen molar-refractivity contribution < 1.29 is 13.2 Å². The summed E-state index contributed by atoms with van der Waals surface area (Å²) < 4.78 is 37.4. The molecular formula is C8H5F3N2. The SMILES string of the molecule is Cc1ncc(F)c(C#N)c1C(F)F. The van der Waals surface area contributed by atoms with Gasteiger partial charge < -0.3 is 0 Å². The van der Waals surface area contributed by atoms with Crippen LogP contribution in [0.2, 0.25) is 0 Å². The number of alkyl halides is 2. The lowest BCUT2D eigenvalue weighted by atomic mass is 10.1. The molecule has 1 heterocycles.